The average molecular weight is 347 g/mol. The summed E-state index contributed by atoms with van der Waals surface area (Å²) in [5.74, 6) is 0.885. The third-order valence-electron chi connectivity index (χ3n) is 4.90. The number of aromatic nitrogens is 3. The first-order valence-electron chi connectivity index (χ1n) is 8.22. The Morgan fingerprint density at radius 3 is 2.96 bits per heavy atom. The monoisotopic (exact) mass is 347 g/mol. The van der Waals surface area contributed by atoms with E-state index in [0.717, 1.165) is 43.3 Å². The number of ether oxygens (including phenoxy) is 1. The van der Waals surface area contributed by atoms with E-state index in [1.807, 2.05) is 17.8 Å². The number of hydrogen-bond donors (Lipinski definition) is 1. The van der Waals surface area contributed by atoms with Crippen LogP contribution in [0.1, 0.15) is 23.7 Å². The van der Waals surface area contributed by atoms with Gasteiger partial charge in [0.25, 0.3) is 5.91 Å². The van der Waals surface area contributed by atoms with Crippen LogP contribution >= 0.6 is 11.3 Å². The van der Waals surface area contributed by atoms with Gasteiger partial charge in [0.15, 0.2) is 6.10 Å². The highest BCUT2D eigenvalue weighted by Crippen LogP contribution is 2.40. The lowest BCUT2D eigenvalue weighted by molar-refractivity contribution is -0.173. The maximum Gasteiger partial charge on any atom is 0.250 e. The normalized spacial score (nSPS) is 23.1. The Labute approximate surface area is 144 Å². The van der Waals surface area contributed by atoms with Crippen LogP contribution in [0.2, 0.25) is 0 Å². The summed E-state index contributed by atoms with van der Waals surface area (Å²) in [6, 6.07) is 0. The number of fused-ring (bicyclic) bond motifs is 2. The molecule has 8 heteroatoms. The second kappa shape index (κ2) is 6.27. The molecule has 2 aromatic rings. The Kier molecular flexibility index (Phi) is 4.11. The van der Waals surface area contributed by atoms with Crippen molar-refractivity contribution in [2.75, 3.05) is 20.1 Å². The van der Waals surface area contributed by atoms with E-state index in [0.29, 0.717) is 6.54 Å². The van der Waals surface area contributed by atoms with Gasteiger partial charge in [0.1, 0.15) is 16.4 Å². The fourth-order valence-electron chi connectivity index (χ4n) is 3.63. The van der Waals surface area contributed by atoms with E-state index in [1.54, 1.807) is 24.6 Å². The predicted molar refractivity (Wildman–Crippen MR) is 89.5 cm³/mol. The lowest BCUT2D eigenvalue weighted by Crippen LogP contribution is -2.53. The number of piperidine rings is 1. The zero-order valence-corrected chi connectivity index (χ0v) is 14.5. The van der Waals surface area contributed by atoms with Gasteiger partial charge in [-0.25, -0.2) is 9.97 Å². The zero-order valence-electron chi connectivity index (χ0n) is 13.6. The molecule has 1 spiro atoms. The fraction of sp³-hybridized carbons (Fsp3) is 0.562. The second-order valence-corrected chi connectivity index (χ2v) is 7.30. The quantitative estimate of drug-likeness (QED) is 0.896. The molecule has 1 atom stereocenters. The van der Waals surface area contributed by atoms with Crippen molar-refractivity contribution in [2.24, 2.45) is 0 Å². The van der Waals surface area contributed by atoms with Gasteiger partial charge in [-0.05, 0) is 12.8 Å². The van der Waals surface area contributed by atoms with Crippen molar-refractivity contribution in [3.05, 3.63) is 34.8 Å². The summed E-state index contributed by atoms with van der Waals surface area (Å²) >= 11 is 1.69. The van der Waals surface area contributed by atoms with E-state index < -0.39 is 11.7 Å². The highest BCUT2D eigenvalue weighted by atomic mass is 32.1. The third kappa shape index (κ3) is 2.74. The summed E-state index contributed by atoms with van der Waals surface area (Å²) < 4.78 is 8.37. The molecule has 0 aliphatic carbocycles. The molecule has 4 rings (SSSR count). The Morgan fingerprint density at radius 1 is 1.42 bits per heavy atom. The van der Waals surface area contributed by atoms with Crippen LogP contribution in [0.25, 0.3) is 0 Å². The summed E-state index contributed by atoms with van der Waals surface area (Å²) in [6.45, 7) is 3.22. The van der Waals surface area contributed by atoms with Crippen molar-refractivity contribution in [1.82, 2.24) is 24.8 Å². The third-order valence-corrected chi connectivity index (χ3v) is 5.66. The van der Waals surface area contributed by atoms with Crippen LogP contribution in [0.4, 0.5) is 0 Å². The molecule has 0 radical (unpaired) electrons. The number of hydrogen-bond acceptors (Lipinski definition) is 6. The van der Waals surface area contributed by atoms with Crippen molar-refractivity contribution in [3.63, 3.8) is 0 Å². The van der Waals surface area contributed by atoms with E-state index >= 15 is 0 Å². The van der Waals surface area contributed by atoms with Crippen LogP contribution in [-0.4, -0.2) is 51.6 Å². The summed E-state index contributed by atoms with van der Waals surface area (Å²) in [5, 5.41) is 5.85. The Morgan fingerprint density at radius 2 is 2.25 bits per heavy atom. The summed E-state index contributed by atoms with van der Waals surface area (Å²) in [6.07, 6.45) is 6.81. The first kappa shape index (κ1) is 15.7. The minimum Gasteiger partial charge on any atom is -0.357 e. The number of imidazole rings is 1. The SMILES string of the molecule is CNC(=O)[C@H]1Cn2ccnc2C2(CCN(Cc3nccs3)CC2)O1. The number of carbonyl (C=O) groups is 1. The van der Waals surface area contributed by atoms with Crippen molar-refractivity contribution in [1.29, 1.82) is 0 Å². The van der Waals surface area contributed by atoms with Gasteiger partial charge >= 0.3 is 0 Å². The Bertz CT molecular complexity index is 706. The molecule has 1 amide bonds. The van der Waals surface area contributed by atoms with E-state index in [9.17, 15) is 4.79 Å². The number of rotatable bonds is 3. The van der Waals surface area contributed by atoms with Crippen molar-refractivity contribution in [2.45, 2.75) is 37.6 Å². The lowest BCUT2D eigenvalue weighted by Gasteiger charge is -2.45. The van der Waals surface area contributed by atoms with Crippen LogP contribution in [0, 0.1) is 0 Å². The average Bonchev–Trinajstić information content (AvgIpc) is 3.28. The van der Waals surface area contributed by atoms with E-state index in [4.69, 9.17) is 4.74 Å². The number of nitrogens with one attached hydrogen (secondary N) is 1. The van der Waals surface area contributed by atoms with Crippen LogP contribution in [0.5, 0.6) is 0 Å². The first-order chi connectivity index (χ1) is 11.7. The van der Waals surface area contributed by atoms with Gasteiger partial charge in [0.05, 0.1) is 13.1 Å². The predicted octanol–water partition coefficient (Wildman–Crippen LogP) is 0.976. The fourth-order valence-corrected chi connectivity index (χ4v) is 4.29. The summed E-state index contributed by atoms with van der Waals surface area (Å²) in [4.78, 5) is 23.4. The molecule has 1 saturated heterocycles. The van der Waals surface area contributed by atoms with Crippen molar-refractivity contribution >= 4 is 17.2 Å². The smallest absolute Gasteiger partial charge is 0.250 e. The molecule has 1 N–H and O–H groups in total. The molecule has 4 heterocycles. The molecule has 128 valence electrons. The van der Waals surface area contributed by atoms with Gasteiger partial charge in [-0.1, -0.05) is 0 Å². The minimum atomic E-state index is -0.460. The van der Waals surface area contributed by atoms with Crippen LogP contribution < -0.4 is 5.32 Å². The van der Waals surface area contributed by atoms with Crippen molar-refractivity contribution in [3.8, 4) is 0 Å². The molecule has 0 saturated carbocycles. The minimum absolute atomic E-state index is 0.0704. The highest BCUT2D eigenvalue weighted by molar-refractivity contribution is 7.09. The molecular weight excluding hydrogens is 326 g/mol. The molecule has 2 aliphatic rings. The maximum atomic E-state index is 12.1. The van der Waals surface area contributed by atoms with Gasteiger partial charge < -0.3 is 14.6 Å². The van der Waals surface area contributed by atoms with Crippen LogP contribution in [0.15, 0.2) is 24.0 Å². The number of carbonyl (C=O) groups excluding carboxylic acids is 1. The largest absolute Gasteiger partial charge is 0.357 e. The van der Waals surface area contributed by atoms with E-state index in [-0.39, 0.29) is 5.91 Å². The number of amides is 1. The highest BCUT2D eigenvalue weighted by Gasteiger charge is 2.46. The molecule has 0 bridgehead atoms. The maximum absolute atomic E-state index is 12.1. The zero-order chi connectivity index (χ0) is 16.6. The van der Waals surface area contributed by atoms with Gasteiger partial charge in [-0.15, -0.1) is 11.3 Å². The standard InChI is InChI=1S/C16H21N5O2S/c1-17-14(22)12-10-21-8-4-19-15(21)16(23-12)2-6-20(7-3-16)11-13-18-5-9-24-13/h4-5,8-9,12H,2-3,6-7,10-11H2,1H3,(H,17,22)/t12-/m1/s1. The number of likely N-dealkylation sites (tertiary alicyclic amines) is 1. The second-order valence-electron chi connectivity index (χ2n) is 6.32. The summed E-state index contributed by atoms with van der Waals surface area (Å²) in [7, 11) is 1.65. The molecule has 7 nitrogen and oxygen atoms in total. The Balaban J connectivity index is 1.51. The van der Waals surface area contributed by atoms with Gasteiger partial charge in [-0.2, -0.15) is 0 Å². The van der Waals surface area contributed by atoms with Crippen LogP contribution in [-0.2, 0) is 28.2 Å². The Hall–Kier alpha value is -1.77. The summed E-state index contributed by atoms with van der Waals surface area (Å²) in [5.41, 5.74) is -0.460. The van der Waals surface area contributed by atoms with Gasteiger partial charge in [0.2, 0.25) is 0 Å². The van der Waals surface area contributed by atoms with Gasteiger partial charge in [-0.3, -0.25) is 9.69 Å². The molecule has 24 heavy (non-hydrogen) atoms. The topological polar surface area (TPSA) is 72.3 Å². The lowest BCUT2D eigenvalue weighted by atomic mass is 9.88. The number of thiazole rings is 1. The van der Waals surface area contributed by atoms with Crippen molar-refractivity contribution < 1.29 is 9.53 Å². The molecular formula is C16H21N5O2S. The molecule has 2 aromatic heterocycles. The van der Waals surface area contributed by atoms with Crippen LogP contribution in [0.3, 0.4) is 0 Å². The molecule has 2 aliphatic heterocycles. The number of likely N-dealkylation sites (N-methyl/N-ethyl adjacent to an activating group) is 1. The van der Waals surface area contributed by atoms with Gasteiger partial charge in [0, 0.05) is 44.1 Å². The number of nitrogens with zero attached hydrogens (tertiary/aromatic N) is 4. The van der Waals surface area contributed by atoms with E-state index in [1.165, 1.54) is 0 Å². The molecule has 0 unspecified atom stereocenters. The molecule has 0 aromatic carbocycles. The van der Waals surface area contributed by atoms with E-state index in [2.05, 4.69) is 24.8 Å². The molecule has 1 fully saturated rings. The first-order valence-corrected chi connectivity index (χ1v) is 9.10.